The molecule has 0 atom stereocenters. The number of hydrogen-bond acceptors (Lipinski definition) is 5. The fourth-order valence-electron chi connectivity index (χ4n) is 3.28. The second-order valence-corrected chi connectivity index (χ2v) is 6.84. The van der Waals surface area contributed by atoms with Crippen molar-refractivity contribution in [3.8, 4) is 28.4 Å². The normalized spacial score (nSPS) is 11.0. The van der Waals surface area contributed by atoms with E-state index in [0.717, 1.165) is 10.9 Å². The van der Waals surface area contributed by atoms with Crippen LogP contribution in [-0.4, -0.2) is 20.8 Å². The Balaban J connectivity index is 1.55. The molecule has 1 aromatic heterocycles. The van der Waals surface area contributed by atoms with E-state index in [1.54, 1.807) is 38.5 Å². The zero-order valence-electron chi connectivity index (χ0n) is 17.3. The molecule has 0 bridgehead atoms. The predicted octanol–water partition coefficient (Wildman–Crippen LogP) is 5.57. The van der Waals surface area contributed by atoms with Crippen molar-refractivity contribution in [3.05, 3.63) is 94.9 Å². The van der Waals surface area contributed by atoms with E-state index in [4.69, 9.17) is 18.6 Å². The largest absolute Gasteiger partial charge is 0.493 e. The molecule has 0 aliphatic rings. The molecule has 4 rings (SSSR count). The van der Waals surface area contributed by atoms with Gasteiger partial charge in [0, 0.05) is 11.5 Å². The van der Waals surface area contributed by atoms with Gasteiger partial charge in [-0.25, -0.2) is 4.79 Å². The molecule has 5 nitrogen and oxygen atoms in total. The summed E-state index contributed by atoms with van der Waals surface area (Å²) in [6.45, 7) is 0.411. The fourth-order valence-corrected chi connectivity index (χ4v) is 3.28. The van der Waals surface area contributed by atoms with Crippen LogP contribution in [0.25, 0.3) is 28.2 Å². The Labute approximate surface area is 180 Å². The van der Waals surface area contributed by atoms with Gasteiger partial charge < -0.3 is 18.6 Å². The molecule has 0 spiro atoms. The maximum atomic E-state index is 12.6. The van der Waals surface area contributed by atoms with Crippen LogP contribution in [0.1, 0.15) is 5.56 Å². The van der Waals surface area contributed by atoms with Crippen LogP contribution < -0.4 is 19.8 Å². The smallest absolute Gasteiger partial charge is 0.344 e. The Morgan fingerprint density at radius 3 is 2.45 bits per heavy atom. The predicted molar refractivity (Wildman–Crippen MR) is 122 cm³/mol. The topological polar surface area (TPSA) is 57.9 Å². The highest BCUT2D eigenvalue weighted by molar-refractivity contribution is 5.83. The molecule has 0 saturated heterocycles. The summed E-state index contributed by atoms with van der Waals surface area (Å²) in [4.78, 5) is 12.6. The average Bonchev–Trinajstić information content (AvgIpc) is 2.81. The number of methoxy groups -OCH3 is 2. The van der Waals surface area contributed by atoms with Gasteiger partial charge in [0.25, 0.3) is 0 Å². The van der Waals surface area contributed by atoms with E-state index in [-0.39, 0.29) is 0 Å². The molecular formula is C26H22O5. The summed E-state index contributed by atoms with van der Waals surface area (Å²) in [5, 5.41) is 0.802. The molecule has 3 aromatic carbocycles. The number of fused-ring (bicyclic) bond motifs is 1. The summed E-state index contributed by atoms with van der Waals surface area (Å²) >= 11 is 0. The summed E-state index contributed by atoms with van der Waals surface area (Å²) in [6, 6.07) is 22.6. The van der Waals surface area contributed by atoms with Crippen LogP contribution in [0, 0.1) is 0 Å². The van der Waals surface area contributed by atoms with Crippen molar-refractivity contribution in [1.82, 2.24) is 0 Å². The molecule has 31 heavy (non-hydrogen) atoms. The highest BCUT2D eigenvalue weighted by Gasteiger charge is 2.12. The Hall–Kier alpha value is -3.99. The SMILES string of the molecule is COc1ccc(-c2cc3ccc(OC/C=C/c4ccccc4)cc3oc2=O)cc1OC. The third-order valence-corrected chi connectivity index (χ3v) is 4.86. The third kappa shape index (κ3) is 4.61. The zero-order valence-corrected chi connectivity index (χ0v) is 17.3. The molecule has 156 valence electrons. The minimum atomic E-state index is -0.430. The molecule has 0 N–H and O–H groups in total. The summed E-state index contributed by atoms with van der Waals surface area (Å²) in [5.74, 6) is 1.78. The molecule has 5 heteroatoms. The number of hydrogen-bond donors (Lipinski definition) is 0. The molecule has 0 aliphatic heterocycles. The lowest BCUT2D eigenvalue weighted by molar-refractivity contribution is 0.355. The van der Waals surface area contributed by atoms with Crippen LogP contribution in [0.3, 0.4) is 0 Å². The van der Waals surface area contributed by atoms with Crippen LogP contribution in [0.5, 0.6) is 17.2 Å². The number of benzene rings is 3. The van der Waals surface area contributed by atoms with Crippen LogP contribution in [0.4, 0.5) is 0 Å². The standard InChI is InChI=1S/C26H22O5/c1-28-23-13-11-19(16-25(23)29-2)22-15-20-10-12-21(17-24(20)31-26(22)27)30-14-6-9-18-7-4-3-5-8-18/h3-13,15-17H,14H2,1-2H3/b9-6+. The minimum absolute atomic E-state index is 0.411. The molecule has 0 unspecified atom stereocenters. The Bertz CT molecular complexity index is 1270. The van der Waals surface area contributed by atoms with E-state index in [0.29, 0.717) is 40.6 Å². The van der Waals surface area contributed by atoms with Gasteiger partial charge in [0.1, 0.15) is 17.9 Å². The Morgan fingerprint density at radius 2 is 1.68 bits per heavy atom. The van der Waals surface area contributed by atoms with Gasteiger partial charge in [-0.2, -0.15) is 0 Å². The first kappa shape index (κ1) is 20.3. The fraction of sp³-hybridized carbons (Fsp3) is 0.115. The average molecular weight is 414 g/mol. The van der Waals surface area contributed by atoms with Crippen molar-refractivity contribution in [2.24, 2.45) is 0 Å². The summed E-state index contributed by atoms with van der Waals surface area (Å²) in [6.07, 6.45) is 3.94. The van der Waals surface area contributed by atoms with Crippen molar-refractivity contribution in [1.29, 1.82) is 0 Å². The van der Waals surface area contributed by atoms with Crippen molar-refractivity contribution in [3.63, 3.8) is 0 Å². The van der Waals surface area contributed by atoms with Gasteiger partial charge in [0.2, 0.25) is 0 Å². The van der Waals surface area contributed by atoms with Gasteiger partial charge in [0.05, 0.1) is 19.8 Å². The second-order valence-electron chi connectivity index (χ2n) is 6.84. The first-order valence-electron chi connectivity index (χ1n) is 9.82. The first-order valence-corrected chi connectivity index (χ1v) is 9.82. The summed E-state index contributed by atoms with van der Waals surface area (Å²) in [5.41, 5.74) is 2.30. The van der Waals surface area contributed by atoms with E-state index in [9.17, 15) is 4.79 Å². The van der Waals surface area contributed by atoms with Gasteiger partial charge >= 0.3 is 5.63 Å². The molecule has 4 aromatic rings. The van der Waals surface area contributed by atoms with Crippen LogP contribution in [-0.2, 0) is 0 Å². The Morgan fingerprint density at radius 1 is 0.871 bits per heavy atom. The van der Waals surface area contributed by atoms with E-state index in [1.807, 2.05) is 60.7 Å². The van der Waals surface area contributed by atoms with E-state index < -0.39 is 5.63 Å². The van der Waals surface area contributed by atoms with E-state index in [2.05, 4.69) is 0 Å². The maximum Gasteiger partial charge on any atom is 0.344 e. The molecule has 0 aliphatic carbocycles. The first-order chi connectivity index (χ1) is 15.2. The quantitative estimate of drug-likeness (QED) is 0.370. The highest BCUT2D eigenvalue weighted by Crippen LogP contribution is 2.32. The zero-order chi connectivity index (χ0) is 21.6. The molecule has 1 heterocycles. The van der Waals surface area contributed by atoms with Crippen LogP contribution in [0.15, 0.2) is 88.1 Å². The van der Waals surface area contributed by atoms with E-state index in [1.165, 1.54) is 0 Å². The monoisotopic (exact) mass is 414 g/mol. The van der Waals surface area contributed by atoms with Crippen molar-refractivity contribution in [2.75, 3.05) is 20.8 Å². The van der Waals surface area contributed by atoms with Crippen molar-refractivity contribution >= 4 is 17.0 Å². The second kappa shape index (κ2) is 9.22. The van der Waals surface area contributed by atoms with Crippen molar-refractivity contribution < 1.29 is 18.6 Å². The van der Waals surface area contributed by atoms with E-state index >= 15 is 0 Å². The summed E-state index contributed by atoms with van der Waals surface area (Å²) in [7, 11) is 3.13. The van der Waals surface area contributed by atoms with Gasteiger partial charge in [-0.1, -0.05) is 42.5 Å². The third-order valence-electron chi connectivity index (χ3n) is 4.86. The molecular weight excluding hydrogens is 392 g/mol. The lowest BCUT2D eigenvalue weighted by atomic mass is 10.1. The number of ether oxygens (including phenoxy) is 3. The molecule has 0 radical (unpaired) electrons. The van der Waals surface area contributed by atoms with Gasteiger partial charge in [-0.05, 0) is 47.5 Å². The lowest BCUT2D eigenvalue weighted by Crippen LogP contribution is -2.03. The molecule has 0 saturated carbocycles. The highest BCUT2D eigenvalue weighted by atomic mass is 16.5. The molecule has 0 amide bonds. The van der Waals surface area contributed by atoms with Gasteiger partial charge in [-0.15, -0.1) is 0 Å². The minimum Gasteiger partial charge on any atom is -0.493 e. The Kier molecular flexibility index (Phi) is 6.03. The summed E-state index contributed by atoms with van der Waals surface area (Å²) < 4.78 is 21.9. The lowest BCUT2D eigenvalue weighted by Gasteiger charge is -2.10. The van der Waals surface area contributed by atoms with Crippen molar-refractivity contribution in [2.45, 2.75) is 0 Å². The van der Waals surface area contributed by atoms with Gasteiger partial charge in [-0.3, -0.25) is 0 Å². The molecule has 0 fully saturated rings. The maximum absolute atomic E-state index is 12.6. The van der Waals surface area contributed by atoms with Crippen LogP contribution >= 0.6 is 0 Å². The van der Waals surface area contributed by atoms with Gasteiger partial charge in [0.15, 0.2) is 11.5 Å². The van der Waals surface area contributed by atoms with Crippen LogP contribution in [0.2, 0.25) is 0 Å². The number of rotatable bonds is 7.